The van der Waals surface area contributed by atoms with Gasteiger partial charge >= 0.3 is 0 Å². The molecule has 0 saturated heterocycles. The highest BCUT2D eigenvalue weighted by atomic mass is 32.2. The van der Waals surface area contributed by atoms with Gasteiger partial charge < -0.3 is 10.2 Å². The van der Waals surface area contributed by atoms with Crippen LogP contribution in [0.1, 0.15) is 12.0 Å². The molecule has 0 aliphatic carbocycles. The molecule has 1 aromatic carbocycles. The van der Waals surface area contributed by atoms with Crippen LogP contribution >= 0.6 is 11.8 Å². The van der Waals surface area contributed by atoms with Crippen LogP contribution in [0.15, 0.2) is 30.3 Å². The Bertz CT molecular complexity index is 238. The molecule has 1 aromatic rings. The van der Waals surface area contributed by atoms with Crippen LogP contribution in [0.25, 0.3) is 0 Å². The predicted molar refractivity (Wildman–Crippen MR) is 60.3 cm³/mol. The van der Waals surface area contributed by atoms with Crippen molar-refractivity contribution in [3.63, 3.8) is 0 Å². The summed E-state index contributed by atoms with van der Waals surface area (Å²) in [5.74, 6) is 0.895. The minimum absolute atomic E-state index is 0.137. The quantitative estimate of drug-likeness (QED) is 0.753. The third-order valence-electron chi connectivity index (χ3n) is 1.98. The van der Waals surface area contributed by atoms with Gasteiger partial charge in [0.1, 0.15) is 0 Å². The first kappa shape index (κ1) is 11.6. The molecule has 0 amide bonds. The molecular formula is C11H16O2S. The molecule has 2 nitrogen and oxygen atoms in total. The van der Waals surface area contributed by atoms with Crippen molar-refractivity contribution in [3.8, 4) is 0 Å². The lowest BCUT2D eigenvalue weighted by Crippen LogP contribution is -2.10. The van der Waals surface area contributed by atoms with Gasteiger partial charge in [-0.25, -0.2) is 0 Å². The van der Waals surface area contributed by atoms with Crippen molar-refractivity contribution in [2.24, 2.45) is 0 Å². The summed E-state index contributed by atoms with van der Waals surface area (Å²) in [5.41, 5.74) is 1.26. The summed E-state index contributed by atoms with van der Waals surface area (Å²) in [6.45, 7) is 0.283. The number of thioether (sulfide) groups is 1. The van der Waals surface area contributed by atoms with E-state index in [1.54, 1.807) is 11.8 Å². The van der Waals surface area contributed by atoms with Crippen LogP contribution in [-0.4, -0.2) is 28.7 Å². The van der Waals surface area contributed by atoms with Gasteiger partial charge in [0.25, 0.3) is 0 Å². The smallest absolute Gasteiger partial charge is 0.0551 e. The number of aliphatic hydroxyl groups is 2. The zero-order valence-electron chi connectivity index (χ0n) is 8.10. The molecular weight excluding hydrogens is 196 g/mol. The maximum atomic E-state index is 9.00. The van der Waals surface area contributed by atoms with Crippen molar-refractivity contribution in [2.45, 2.75) is 17.4 Å². The van der Waals surface area contributed by atoms with Gasteiger partial charge in [0.2, 0.25) is 0 Å². The standard InChI is InChI=1S/C11H16O2S/c12-7-6-11(8-13)14-9-10-4-2-1-3-5-10/h1-5,11-13H,6-9H2. The molecule has 0 fully saturated rings. The minimum Gasteiger partial charge on any atom is -0.396 e. The van der Waals surface area contributed by atoms with Crippen molar-refractivity contribution in [3.05, 3.63) is 35.9 Å². The Kier molecular flexibility index (Phi) is 5.68. The van der Waals surface area contributed by atoms with E-state index in [4.69, 9.17) is 10.2 Å². The highest BCUT2D eigenvalue weighted by Gasteiger charge is 2.06. The number of rotatable bonds is 6. The molecule has 0 spiro atoms. The summed E-state index contributed by atoms with van der Waals surface area (Å²) in [4.78, 5) is 0. The Morgan fingerprint density at radius 1 is 1.14 bits per heavy atom. The second kappa shape index (κ2) is 6.87. The Balaban J connectivity index is 2.32. The van der Waals surface area contributed by atoms with Crippen LogP contribution in [-0.2, 0) is 5.75 Å². The molecule has 0 aromatic heterocycles. The molecule has 3 heteroatoms. The first-order chi connectivity index (χ1) is 6.86. The monoisotopic (exact) mass is 212 g/mol. The molecule has 1 atom stereocenters. The van der Waals surface area contributed by atoms with Gasteiger partial charge in [-0.1, -0.05) is 30.3 Å². The second-order valence-electron chi connectivity index (χ2n) is 3.11. The van der Waals surface area contributed by atoms with Gasteiger partial charge in [0.15, 0.2) is 0 Å². The molecule has 0 aliphatic heterocycles. The van der Waals surface area contributed by atoms with Gasteiger partial charge in [0, 0.05) is 17.6 Å². The highest BCUT2D eigenvalue weighted by molar-refractivity contribution is 7.99. The van der Waals surface area contributed by atoms with Crippen LogP contribution in [0.5, 0.6) is 0 Å². The predicted octanol–water partition coefficient (Wildman–Crippen LogP) is 1.66. The number of aliphatic hydroxyl groups excluding tert-OH is 2. The average Bonchev–Trinajstić information content (AvgIpc) is 2.25. The maximum absolute atomic E-state index is 9.00. The van der Waals surface area contributed by atoms with E-state index in [0.717, 1.165) is 5.75 Å². The fourth-order valence-electron chi connectivity index (χ4n) is 1.16. The molecule has 1 rings (SSSR count). The molecule has 0 aliphatic rings. The largest absolute Gasteiger partial charge is 0.396 e. The number of hydrogen-bond acceptors (Lipinski definition) is 3. The zero-order chi connectivity index (χ0) is 10.2. The SMILES string of the molecule is OCCC(CO)SCc1ccccc1. The van der Waals surface area contributed by atoms with Crippen LogP contribution in [0.4, 0.5) is 0 Å². The van der Waals surface area contributed by atoms with E-state index >= 15 is 0 Å². The molecule has 14 heavy (non-hydrogen) atoms. The minimum atomic E-state index is 0.137. The van der Waals surface area contributed by atoms with Crippen LogP contribution < -0.4 is 0 Å². The van der Waals surface area contributed by atoms with Crippen molar-refractivity contribution in [1.29, 1.82) is 0 Å². The molecule has 1 unspecified atom stereocenters. The Morgan fingerprint density at radius 3 is 2.43 bits per heavy atom. The van der Waals surface area contributed by atoms with Gasteiger partial charge in [-0.2, -0.15) is 11.8 Å². The zero-order valence-corrected chi connectivity index (χ0v) is 8.91. The maximum Gasteiger partial charge on any atom is 0.0551 e. The molecule has 0 saturated carbocycles. The van der Waals surface area contributed by atoms with Gasteiger partial charge in [-0.15, -0.1) is 0 Å². The summed E-state index contributed by atoms with van der Waals surface area (Å²) >= 11 is 1.69. The lowest BCUT2D eigenvalue weighted by molar-refractivity contribution is 0.247. The molecule has 2 N–H and O–H groups in total. The highest BCUT2D eigenvalue weighted by Crippen LogP contribution is 2.19. The van der Waals surface area contributed by atoms with E-state index in [9.17, 15) is 0 Å². The van der Waals surface area contributed by atoms with Crippen molar-refractivity contribution in [2.75, 3.05) is 13.2 Å². The van der Waals surface area contributed by atoms with E-state index < -0.39 is 0 Å². The van der Waals surface area contributed by atoms with Crippen LogP contribution in [0.3, 0.4) is 0 Å². The summed E-state index contributed by atoms with van der Waals surface area (Å²) < 4.78 is 0. The fourth-order valence-corrected chi connectivity index (χ4v) is 2.16. The Labute approximate surface area is 89.0 Å². The van der Waals surface area contributed by atoms with E-state index in [-0.39, 0.29) is 18.5 Å². The van der Waals surface area contributed by atoms with E-state index in [1.807, 2.05) is 18.2 Å². The molecule has 0 bridgehead atoms. The summed E-state index contributed by atoms with van der Waals surface area (Å²) in [6.07, 6.45) is 0.661. The summed E-state index contributed by atoms with van der Waals surface area (Å²) in [6, 6.07) is 10.2. The van der Waals surface area contributed by atoms with Crippen LogP contribution in [0, 0.1) is 0 Å². The molecule has 78 valence electrons. The van der Waals surface area contributed by atoms with Crippen molar-refractivity contribution in [1.82, 2.24) is 0 Å². The lowest BCUT2D eigenvalue weighted by atomic mass is 10.2. The normalized spacial score (nSPS) is 12.7. The van der Waals surface area contributed by atoms with Crippen molar-refractivity contribution >= 4 is 11.8 Å². The third-order valence-corrected chi connectivity index (χ3v) is 3.34. The third kappa shape index (κ3) is 4.13. The first-order valence-electron chi connectivity index (χ1n) is 4.74. The molecule has 0 heterocycles. The number of hydrogen-bond donors (Lipinski definition) is 2. The lowest BCUT2D eigenvalue weighted by Gasteiger charge is -2.11. The average molecular weight is 212 g/mol. The fraction of sp³-hybridized carbons (Fsp3) is 0.455. The van der Waals surface area contributed by atoms with Gasteiger partial charge in [-0.3, -0.25) is 0 Å². The number of benzene rings is 1. The Hall–Kier alpha value is -0.510. The summed E-state index contributed by atoms with van der Waals surface area (Å²) in [5, 5.41) is 17.9. The van der Waals surface area contributed by atoms with Crippen molar-refractivity contribution < 1.29 is 10.2 Å². The molecule has 0 radical (unpaired) electrons. The van der Waals surface area contributed by atoms with E-state index in [1.165, 1.54) is 5.56 Å². The Morgan fingerprint density at radius 2 is 1.86 bits per heavy atom. The summed E-state index contributed by atoms with van der Waals surface area (Å²) in [7, 11) is 0. The topological polar surface area (TPSA) is 40.5 Å². The van der Waals surface area contributed by atoms with Gasteiger partial charge in [0.05, 0.1) is 6.61 Å². The second-order valence-corrected chi connectivity index (χ2v) is 4.40. The van der Waals surface area contributed by atoms with E-state index in [2.05, 4.69) is 12.1 Å². The van der Waals surface area contributed by atoms with E-state index in [0.29, 0.717) is 6.42 Å². The first-order valence-corrected chi connectivity index (χ1v) is 5.79. The van der Waals surface area contributed by atoms with Crippen LogP contribution in [0.2, 0.25) is 0 Å². The van der Waals surface area contributed by atoms with Gasteiger partial charge in [-0.05, 0) is 12.0 Å².